The van der Waals surface area contributed by atoms with Crippen molar-refractivity contribution in [1.82, 2.24) is 4.90 Å². The lowest BCUT2D eigenvalue weighted by Gasteiger charge is -2.41. The van der Waals surface area contributed by atoms with Crippen LogP contribution < -0.4 is 4.84 Å². The Balaban J connectivity index is 2.29. The van der Waals surface area contributed by atoms with Gasteiger partial charge < -0.3 is 10.0 Å². The van der Waals surface area contributed by atoms with Crippen LogP contribution in [0.2, 0.25) is 0 Å². The third kappa shape index (κ3) is 3.71. The highest BCUT2D eigenvalue weighted by molar-refractivity contribution is 5.33. The second-order valence-corrected chi connectivity index (χ2v) is 5.97. The number of aliphatic hydroxyl groups is 1. The molecule has 2 atom stereocenters. The van der Waals surface area contributed by atoms with Crippen LogP contribution >= 0.6 is 0 Å². The first kappa shape index (κ1) is 15.7. The van der Waals surface area contributed by atoms with Crippen molar-refractivity contribution in [1.29, 1.82) is 0 Å². The van der Waals surface area contributed by atoms with Gasteiger partial charge in [0.2, 0.25) is 0 Å². The van der Waals surface area contributed by atoms with Gasteiger partial charge >= 0.3 is 0 Å². The summed E-state index contributed by atoms with van der Waals surface area (Å²) in [5.74, 6) is 0.271. The summed E-state index contributed by atoms with van der Waals surface area (Å²) in [6.07, 6.45) is 3.69. The molecule has 1 fully saturated rings. The maximum atomic E-state index is 11.2. The number of hydrogen-bond donors (Lipinski definition) is 1. The maximum Gasteiger partial charge on any atom is 0.299 e. The van der Waals surface area contributed by atoms with E-state index in [9.17, 15) is 15.2 Å². The van der Waals surface area contributed by atoms with E-state index in [2.05, 4.69) is 9.74 Å². The van der Waals surface area contributed by atoms with Gasteiger partial charge in [0.25, 0.3) is 5.09 Å². The highest BCUT2D eigenvalue weighted by Crippen LogP contribution is 2.42. The normalized spacial score (nSPS) is 25.8. The number of nitrogens with zero attached hydrogens (tertiary/aromatic N) is 2. The van der Waals surface area contributed by atoms with E-state index in [1.165, 1.54) is 6.07 Å². The van der Waals surface area contributed by atoms with Crippen LogP contribution in [0.1, 0.15) is 31.2 Å². The average molecular weight is 294 g/mol. The van der Waals surface area contributed by atoms with Crippen molar-refractivity contribution in [3.63, 3.8) is 0 Å². The molecule has 1 saturated carbocycles. The van der Waals surface area contributed by atoms with E-state index in [0.717, 1.165) is 25.8 Å². The summed E-state index contributed by atoms with van der Waals surface area (Å²) in [6.45, 7) is 0.789. The van der Waals surface area contributed by atoms with Crippen LogP contribution in [-0.2, 0) is 5.60 Å². The minimum atomic E-state index is -0.946. The lowest BCUT2D eigenvalue weighted by atomic mass is 9.71. The third-order valence-electron chi connectivity index (χ3n) is 4.14. The highest BCUT2D eigenvalue weighted by Gasteiger charge is 2.40. The monoisotopic (exact) mass is 294 g/mol. The van der Waals surface area contributed by atoms with Gasteiger partial charge in [-0.2, -0.15) is 0 Å². The van der Waals surface area contributed by atoms with Crippen LogP contribution in [0.4, 0.5) is 0 Å². The fourth-order valence-electron chi connectivity index (χ4n) is 3.20. The van der Waals surface area contributed by atoms with Gasteiger partial charge in [-0.3, -0.25) is 4.84 Å². The topological polar surface area (TPSA) is 75.8 Å². The fraction of sp³-hybridized carbons (Fsp3) is 0.600. The van der Waals surface area contributed by atoms with E-state index >= 15 is 0 Å². The van der Waals surface area contributed by atoms with E-state index in [4.69, 9.17) is 0 Å². The van der Waals surface area contributed by atoms with Crippen molar-refractivity contribution in [3.05, 3.63) is 39.9 Å². The van der Waals surface area contributed by atoms with Gasteiger partial charge in [0.05, 0.1) is 5.60 Å². The first-order chi connectivity index (χ1) is 9.91. The predicted octanol–water partition coefficient (Wildman–Crippen LogP) is 2.20. The zero-order valence-corrected chi connectivity index (χ0v) is 12.5. The molecular weight excluding hydrogens is 272 g/mol. The minimum absolute atomic E-state index is 0.118. The Labute approximate surface area is 124 Å². The Kier molecular flexibility index (Phi) is 4.80. The first-order valence-corrected chi connectivity index (χ1v) is 7.22. The largest absolute Gasteiger partial charge is 0.385 e. The van der Waals surface area contributed by atoms with E-state index in [1.54, 1.807) is 12.1 Å². The standard InChI is InChI=1S/C15H22N2O4/c1-16(2)11-13-6-3-4-9-15(13,18)12-7-5-8-14(10-12)21-17(19)20/h5,7-8,10,13,18H,3-4,6,9,11H2,1-2H3/t13-,15-/m1/s1. The molecule has 0 heterocycles. The Morgan fingerprint density at radius 2 is 2.24 bits per heavy atom. The molecule has 1 aliphatic rings. The third-order valence-corrected chi connectivity index (χ3v) is 4.14. The van der Waals surface area contributed by atoms with Gasteiger partial charge in [-0.15, -0.1) is 10.1 Å². The zero-order chi connectivity index (χ0) is 15.5. The molecule has 0 aliphatic heterocycles. The number of benzene rings is 1. The van der Waals surface area contributed by atoms with Gasteiger partial charge in [-0.25, -0.2) is 0 Å². The molecule has 0 amide bonds. The highest BCUT2D eigenvalue weighted by atomic mass is 17.0. The molecule has 0 spiro atoms. The molecule has 1 N–H and O–H groups in total. The molecule has 0 saturated heterocycles. The summed E-state index contributed by atoms with van der Waals surface area (Å²) in [5, 5.41) is 20.8. The molecule has 0 bridgehead atoms. The summed E-state index contributed by atoms with van der Waals surface area (Å²) >= 11 is 0. The minimum Gasteiger partial charge on any atom is -0.385 e. The van der Waals surface area contributed by atoms with Crippen molar-refractivity contribution >= 4 is 0 Å². The van der Waals surface area contributed by atoms with Crippen molar-refractivity contribution in [2.24, 2.45) is 5.92 Å². The average Bonchev–Trinajstić information content (AvgIpc) is 2.40. The van der Waals surface area contributed by atoms with Crippen LogP contribution in [0, 0.1) is 16.0 Å². The van der Waals surface area contributed by atoms with Crippen LogP contribution in [-0.4, -0.2) is 35.7 Å². The van der Waals surface area contributed by atoms with Crippen LogP contribution in [0.5, 0.6) is 5.75 Å². The Morgan fingerprint density at radius 3 is 2.90 bits per heavy atom. The second kappa shape index (κ2) is 6.41. The molecule has 0 unspecified atom stereocenters. The molecule has 1 aromatic carbocycles. The number of rotatable bonds is 5. The molecule has 1 aromatic rings. The predicted molar refractivity (Wildman–Crippen MR) is 78.5 cm³/mol. The Hall–Kier alpha value is -1.66. The Bertz CT molecular complexity index is 506. The summed E-state index contributed by atoms with van der Waals surface area (Å²) in [4.78, 5) is 17.0. The van der Waals surface area contributed by atoms with Gasteiger partial charge in [-0.1, -0.05) is 25.0 Å². The molecule has 0 aromatic heterocycles. The lowest BCUT2D eigenvalue weighted by molar-refractivity contribution is -0.711. The van der Waals surface area contributed by atoms with E-state index in [-0.39, 0.29) is 11.7 Å². The van der Waals surface area contributed by atoms with Gasteiger partial charge in [0, 0.05) is 12.5 Å². The summed E-state index contributed by atoms with van der Waals surface area (Å²) in [7, 11) is 3.97. The molecule has 6 heteroatoms. The van der Waals surface area contributed by atoms with Crippen LogP contribution in [0.3, 0.4) is 0 Å². The molecule has 1 aliphatic carbocycles. The summed E-state index contributed by atoms with van der Waals surface area (Å²) in [5.41, 5.74) is -0.244. The first-order valence-electron chi connectivity index (χ1n) is 7.22. The molecular formula is C15H22N2O4. The maximum absolute atomic E-state index is 11.2. The number of hydrogen-bond acceptors (Lipinski definition) is 5. The van der Waals surface area contributed by atoms with Crippen molar-refractivity contribution in [3.8, 4) is 5.75 Å². The second-order valence-electron chi connectivity index (χ2n) is 5.97. The molecule has 2 rings (SSSR count). The molecule has 21 heavy (non-hydrogen) atoms. The van der Waals surface area contributed by atoms with Gasteiger partial charge in [0.1, 0.15) is 5.75 Å². The molecule has 116 valence electrons. The summed E-state index contributed by atoms with van der Waals surface area (Å²) < 4.78 is 0. The quantitative estimate of drug-likeness (QED) is 0.665. The molecule has 6 nitrogen and oxygen atoms in total. The summed E-state index contributed by atoms with van der Waals surface area (Å²) in [6, 6.07) is 6.62. The fourth-order valence-corrected chi connectivity index (χ4v) is 3.20. The Morgan fingerprint density at radius 1 is 1.48 bits per heavy atom. The molecule has 0 radical (unpaired) electrons. The zero-order valence-electron chi connectivity index (χ0n) is 12.5. The lowest BCUT2D eigenvalue weighted by Crippen LogP contribution is -2.43. The van der Waals surface area contributed by atoms with Crippen LogP contribution in [0.15, 0.2) is 24.3 Å². The van der Waals surface area contributed by atoms with E-state index in [1.807, 2.05) is 20.2 Å². The van der Waals surface area contributed by atoms with Gasteiger partial charge in [-0.05, 0) is 44.6 Å². The van der Waals surface area contributed by atoms with Crippen molar-refractivity contribution < 1.29 is 15.0 Å². The SMILES string of the molecule is CN(C)C[C@H]1CCCC[C@@]1(O)c1cccc(O[N+](=O)[O-])c1. The van der Waals surface area contributed by atoms with Gasteiger partial charge in [0.15, 0.2) is 0 Å². The van der Waals surface area contributed by atoms with Crippen molar-refractivity contribution in [2.75, 3.05) is 20.6 Å². The van der Waals surface area contributed by atoms with Crippen molar-refractivity contribution in [2.45, 2.75) is 31.3 Å². The van der Waals surface area contributed by atoms with E-state index in [0.29, 0.717) is 12.0 Å². The van der Waals surface area contributed by atoms with E-state index < -0.39 is 10.7 Å². The smallest absolute Gasteiger partial charge is 0.299 e. The van der Waals surface area contributed by atoms with Crippen LogP contribution in [0.25, 0.3) is 0 Å².